The maximum Gasteiger partial charge on any atom is 0.231 e. The minimum atomic E-state index is -0.329. The number of Topliss-reactive ketones (excluding diaryl/α,β-unsaturated/α-hetero) is 1. The second kappa shape index (κ2) is 6.24. The van der Waals surface area contributed by atoms with Gasteiger partial charge >= 0.3 is 0 Å². The predicted molar refractivity (Wildman–Crippen MR) is 83.5 cm³/mol. The Bertz CT molecular complexity index is 819. The van der Waals surface area contributed by atoms with Gasteiger partial charge in [0.05, 0.1) is 7.11 Å². The zero-order chi connectivity index (χ0) is 16.2. The average molecular weight is 307 g/mol. The second-order valence-corrected chi connectivity index (χ2v) is 4.82. The third kappa shape index (κ3) is 2.87. The number of benzene rings is 2. The van der Waals surface area contributed by atoms with Gasteiger partial charge in [0.2, 0.25) is 18.3 Å². The summed E-state index contributed by atoms with van der Waals surface area (Å²) in [5, 5.41) is 9.31. The lowest BCUT2D eigenvalue weighted by Gasteiger charge is -2.06. The molecule has 0 spiro atoms. The predicted octanol–water partition coefficient (Wildman–Crippen LogP) is 3.21. The number of hydrogen-bond donors (Lipinski definition) is 0. The second-order valence-electron chi connectivity index (χ2n) is 4.82. The summed E-state index contributed by atoms with van der Waals surface area (Å²) in [4.78, 5) is 12.4. The van der Waals surface area contributed by atoms with Gasteiger partial charge in [0, 0.05) is 5.56 Å². The van der Waals surface area contributed by atoms with Crippen LogP contribution in [0.3, 0.4) is 0 Å². The Hall–Kier alpha value is -3.26. The fraction of sp³-hybridized carbons (Fsp3) is 0.111. The molecule has 0 N–H and O–H groups in total. The molecule has 5 heteroatoms. The molecule has 23 heavy (non-hydrogen) atoms. The number of ether oxygens (including phenoxy) is 3. The van der Waals surface area contributed by atoms with E-state index < -0.39 is 0 Å². The van der Waals surface area contributed by atoms with Gasteiger partial charge in [-0.2, -0.15) is 5.26 Å². The smallest absolute Gasteiger partial charge is 0.231 e. The first-order valence-corrected chi connectivity index (χ1v) is 6.92. The molecule has 0 bridgehead atoms. The Labute approximate surface area is 133 Å². The minimum absolute atomic E-state index is 0.0390. The largest absolute Gasteiger partial charge is 0.493 e. The van der Waals surface area contributed by atoms with Crippen molar-refractivity contribution in [2.75, 3.05) is 13.9 Å². The van der Waals surface area contributed by atoms with Gasteiger partial charge in [0.25, 0.3) is 0 Å². The lowest BCUT2D eigenvalue weighted by molar-refractivity contribution is 0.104. The molecule has 2 aromatic carbocycles. The maximum absolute atomic E-state index is 12.4. The highest BCUT2D eigenvalue weighted by molar-refractivity contribution is 6.14. The van der Waals surface area contributed by atoms with Crippen molar-refractivity contribution in [3.05, 3.63) is 59.2 Å². The molecule has 0 amide bonds. The third-order valence-electron chi connectivity index (χ3n) is 3.39. The number of nitrogens with zero attached hydrogens (tertiary/aromatic N) is 1. The zero-order valence-electron chi connectivity index (χ0n) is 12.4. The number of ketones is 1. The van der Waals surface area contributed by atoms with Crippen LogP contribution in [0.4, 0.5) is 0 Å². The lowest BCUT2D eigenvalue weighted by Crippen LogP contribution is -2.01. The molecular weight excluding hydrogens is 294 g/mol. The Balaban J connectivity index is 1.99. The Kier molecular flexibility index (Phi) is 3.98. The van der Waals surface area contributed by atoms with Crippen molar-refractivity contribution in [2.45, 2.75) is 0 Å². The standard InChI is InChI=1S/C18H13NO4/c1-21-15-8-12(9-16-18(15)23-11-22-16)7-14(10-19)17(20)13-5-3-2-4-6-13/h2-9H,11H2,1H3/b14-7+. The van der Waals surface area contributed by atoms with Crippen LogP contribution in [-0.2, 0) is 0 Å². The van der Waals surface area contributed by atoms with Gasteiger partial charge in [-0.15, -0.1) is 0 Å². The average Bonchev–Trinajstić information content (AvgIpc) is 3.07. The van der Waals surface area contributed by atoms with Crippen LogP contribution in [0.5, 0.6) is 17.2 Å². The summed E-state index contributed by atoms with van der Waals surface area (Å²) >= 11 is 0. The van der Waals surface area contributed by atoms with Crippen molar-refractivity contribution in [1.29, 1.82) is 5.26 Å². The first kappa shape index (κ1) is 14.7. The SMILES string of the molecule is COc1cc(/C=C(\C#N)C(=O)c2ccccc2)cc2c1OCO2. The molecule has 3 rings (SSSR count). The van der Waals surface area contributed by atoms with Crippen LogP contribution < -0.4 is 14.2 Å². The number of allylic oxidation sites excluding steroid dienone is 1. The normalized spacial score (nSPS) is 12.6. The molecule has 0 saturated carbocycles. The molecule has 0 radical (unpaired) electrons. The Morgan fingerprint density at radius 2 is 2.04 bits per heavy atom. The van der Waals surface area contributed by atoms with Gasteiger partial charge in [0.15, 0.2) is 11.5 Å². The molecule has 5 nitrogen and oxygen atoms in total. The number of methoxy groups -OCH3 is 1. The molecule has 2 aromatic rings. The van der Waals surface area contributed by atoms with E-state index in [9.17, 15) is 10.1 Å². The molecule has 0 aromatic heterocycles. The highest BCUT2D eigenvalue weighted by atomic mass is 16.7. The zero-order valence-corrected chi connectivity index (χ0v) is 12.4. The van der Waals surface area contributed by atoms with Crippen molar-refractivity contribution in [3.8, 4) is 23.3 Å². The van der Waals surface area contributed by atoms with E-state index in [1.54, 1.807) is 36.4 Å². The summed E-state index contributed by atoms with van der Waals surface area (Å²) in [6, 6.07) is 14.0. The van der Waals surface area contributed by atoms with E-state index in [1.165, 1.54) is 13.2 Å². The molecule has 0 atom stereocenters. The molecule has 0 saturated heterocycles. The molecule has 1 heterocycles. The minimum Gasteiger partial charge on any atom is -0.493 e. The lowest BCUT2D eigenvalue weighted by atomic mass is 10.0. The van der Waals surface area contributed by atoms with Crippen molar-refractivity contribution in [1.82, 2.24) is 0 Å². The van der Waals surface area contributed by atoms with Gasteiger partial charge < -0.3 is 14.2 Å². The summed E-state index contributed by atoms with van der Waals surface area (Å²) in [5.41, 5.74) is 1.14. The summed E-state index contributed by atoms with van der Waals surface area (Å²) in [7, 11) is 1.52. The molecule has 0 fully saturated rings. The summed E-state index contributed by atoms with van der Waals surface area (Å²) in [6.07, 6.45) is 1.51. The Morgan fingerprint density at radius 1 is 1.26 bits per heavy atom. The van der Waals surface area contributed by atoms with Gasteiger partial charge in [-0.25, -0.2) is 0 Å². The fourth-order valence-corrected chi connectivity index (χ4v) is 2.29. The van der Waals surface area contributed by atoms with E-state index in [-0.39, 0.29) is 18.1 Å². The number of nitriles is 1. The number of carbonyl (C=O) groups is 1. The maximum atomic E-state index is 12.4. The van der Waals surface area contributed by atoms with E-state index in [4.69, 9.17) is 14.2 Å². The van der Waals surface area contributed by atoms with E-state index >= 15 is 0 Å². The van der Waals surface area contributed by atoms with Crippen LogP contribution in [0.25, 0.3) is 6.08 Å². The first-order valence-electron chi connectivity index (χ1n) is 6.92. The third-order valence-corrected chi connectivity index (χ3v) is 3.39. The summed E-state index contributed by atoms with van der Waals surface area (Å²) in [5.74, 6) is 1.22. The van der Waals surface area contributed by atoms with Crippen molar-refractivity contribution < 1.29 is 19.0 Å². The Morgan fingerprint density at radius 3 is 2.74 bits per heavy atom. The topological polar surface area (TPSA) is 68.5 Å². The summed E-state index contributed by atoms with van der Waals surface area (Å²) < 4.78 is 15.9. The van der Waals surface area contributed by atoms with Crippen LogP contribution in [0.1, 0.15) is 15.9 Å². The van der Waals surface area contributed by atoms with Gasteiger partial charge in [-0.1, -0.05) is 30.3 Å². The first-order chi connectivity index (χ1) is 11.2. The van der Waals surface area contributed by atoms with Crippen LogP contribution in [-0.4, -0.2) is 19.7 Å². The van der Waals surface area contributed by atoms with Crippen LogP contribution in [0.2, 0.25) is 0 Å². The van der Waals surface area contributed by atoms with Gasteiger partial charge in [-0.3, -0.25) is 4.79 Å². The highest BCUT2D eigenvalue weighted by Crippen LogP contribution is 2.42. The van der Waals surface area contributed by atoms with E-state index in [1.807, 2.05) is 12.1 Å². The monoisotopic (exact) mass is 307 g/mol. The molecule has 0 aliphatic carbocycles. The molecule has 114 valence electrons. The van der Waals surface area contributed by atoms with Crippen LogP contribution >= 0.6 is 0 Å². The van der Waals surface area contributed by atoms with E-state index in [2.05, 4.69) is 0 Å². The number of fused-ring (bicyclic) bond motifs is 1. The molecule has 1 aliphatic rings. The number of carbonyl (C=O) groups excluding carboxylic acids is 1. The number of rotatable bonds is 4. The van der Waals surface area contributed by atoms with E-state index in [0.29, 0.717) is 28.4 Å². The highest BCUT2D eigenvalue weighted by Gasteiger charge is 2.20. The van der Waals surface area contributed by atoms with E-state index in [0.717, 1.165) is 0 Å². The van der Waals surface area contributed by atoms with Crippen molar-refractivity contribution in [2.24, 2.45) is 0 Å². The summed E-state index contributed by atoms with van der Waals surface area (Å²) in [6.45, 7) is 0.118. The van der Waals surface area contributed by atoms with Crippen molar-refractivity contribution >= 4 is 11.9 Å². The van der Waals surface area contributed by atoms with Crippen LogP contribution in [0, 0.1) is 11.3 Å². The number of hydrogen-bond acceptors (Lipinski definition) is 5. The molecular formula is C18H13NO4. The molecule has 1 aliphatic heterocycles. The van der Waals surface area contributed by atoms with Crippen LogP contribution in [0.15, 0.2) is 48.0 Å². The fourth-order valence-electron chi connectivity index (χ4n) is 2.29. The van der Waals surface area contributed by atoms with Gasteiger partial charge in [0.1, 0.15) is 11.6 Å². The quantitative estimate of drug-likeness (QED) is 0.493. The van der Waals surface area contributed by atoms with Crippen molar-refractivity contribution in [3.63, 3.8) is 0 Å². The molecule has 0 unspecified atom stereocenters. The van der Waals surface area contributed by atoms with Gasteiger partial charge in [-0.05, 0) is 23.8 Å².